The number of carbonyl (C=O) groups is 1. The van der Waals surface area contributed by atoms with E-state index in [1.807, 2.05) is 68.7 Å². The Balaban J connectivity index is 0.00000194. The third-order valence-electron chi connectivity index (χ3n) is 8.31. The second-order valence-corrected chi connectivity index (χ2v) is 11.0. The zero-order valence-electron chi connectivity index (χ0n) is 23.0. The van der Waals surface area contributed by atoms with Gasteiger partial charge in [-0.05, 0) is 31.4 Å². The number of carbonyl (C=O) groups excluding carboxylic acids is 1. The first-order valence-corrected chi connectivity index (χ1v) is 14.0. The number of nitrogens with one attached hydrogen (secondary N) is 2. The van der Waals surface area contributed by atoms with Gasteiger partial charge in [0.05, 0.1) is 35.1 Å². The van der Waals surface area contributed by atoms with Gasteiger partial charge < -0.3 is 19.9 Å². The summed E-state index contributed by atoms with van der Waals surface area (Å²) >= 11 is 0. The summed E-state index contributed by atoms with van der Waals surface area (Å²) in [5.74, 6) is -0.0967. The lowest BCUT2D eigenvalue weighted by Crippen LogP contribution is -2.54. The number of benzene rings is 2. The number of hydrogen-bond acceptors (Lipinski definition) is 5. The highest BCUT2D eigenvalue weighted by atomic mass is 35.5. The molecule has 0 unspecified atom stereocenters. The lowest BCUT2D eigenvalue weighted by molar-refractivity contribution is -0.0111. The topological polar surface area (TPSA) is 108 Å². The highest BCUT2D eigenvalue weighted by Gasteiger charge is 2.34. The van der Waals surface area contributed by atoms with Crippen LogP contribution in [0.5, 0.6) is 0 Å². The molecule has 1 atom stereocenters. The molecule has 1 aliphatic heterocycles. The van der Waals surface area contributed by atoms with Crippen LogP contribution in [-0.2, 0) is 13.1 Å². The van der Waals surface area contributed by atoms with Crippen molar-refractivity contribution in [1.82, 2.24) is 29.5 Å². The lowest BCUT2D eigenvalue weighted by Gasteiger charge is -2.36. The molecule has 2 aromatic carbocycles. The summed E-state index contributed by atoms with van der Waals surface area (Å²) in [6, 6.07) is 17.4. The zero-order chi connectivity index (χ0) is 26.8. The molecule has 2 aliphatic rings. The van der Waals surface area contributed by atoms with E-state index in [0.717, 1.165) is 48.9 Å². The quantitative estimate of drug-likeness (QED) is 0.294. The fourth-order valence-corrected chi connectivity index (χ4v) is 6.26. The van der Waals surface area contributed by atoms with Crippen molar-refractivity contribution in [2.24, 2.45) is 0 Å². The van der Waals surface area contributed by atoms with Crippen LogP contribution in [0.4, 0.5) is 0 Å². The Morgan fingerprint density at radius 2 is 1.76 bits per heavy atom. The van der Waals surface area contributed by atoms with Crippen molar-refractivity contribution in [3.05, 3.63) is 77.0 Å². The maximum absolute atomic E-state index is 14.1. The molecule has 220 valence electrons. The van der Waals surface area contributed by atoms with E-state index in [-0.39, 0.29) is 42.3 Å². The lowest BCUT2D eigenvalue weighted by atomic mass is 9.84. The number of para-hydroxylation sites is 1. The van der Waals surface area contributed by atoms with E-state index < -0.39 is 5.60 Å². The summed E-state index contributed by atoms with van der Waals surface area (Å²) in [7, 11) is 0. The van der Waals surface area contributed by atoms with Crippen LogP contribution < -0.4 is 10.9 Å². The van der Waals surface area contributed by atoms with E-state index in [9.17, 15) is 14.7 Å². The number of amides is 1. The molecule has 1 amide bonds. The summed E-state index contributed by atoms with van der Waals surface area (Å²) in [5, 5.41) is 18.4. The van der Waals surface area contributed by atoms with Crippen molar-refractivity contribution in [3.63, 3.8) is 0 Å². The van der Waals surface area contributed by atoms with Gasteiger partial charge in [-0.1, -0.05) is 61.7 Å². The largest absolute Gasteiger partial charge is 0.388 e. The summed E-state index contributed by atoms with van der Waals surface area (Å²) in [4.78, 5) is 33.1. The molecular formula is C30H38Cl2N6O3. The first-order chi connectivity index (χ1) is 19.0. The number of nitrogens with zero attached hydrogens (tertiary/aromatic N) is 4. The number of piperazine rings is 1. The number of fused-ring (bicyclic) bond motifs is 1. The standard InChI is InChI=1S/C30H36N6O3.2ClH/c37-28-24-11-5-6-12-25(24)36(33-28)17-13-23-19-31-16-18-35(23)29(38)26-27(22-9-3-1-4-10-22)34(21-32-26)20-30(39)14-7-2-8-15-30;;/h1,3-6,9-12,21,23,31,39H,2,7-8,13-20H2,(H,33,37);2*1H/t23-;;/m1../s1. The Bertz CT molecular complexity index is 1510. The van der Waals surface area contributed by atoms with E-state index >= 15 is 0 Å². The van der Waals surface area contributed by atoms with Crippen LogP contribution in [0.2, 0.25) is 0 Å². The normalized spacial score (nSPS) is 18.5. The van der Waals surface area contributed by atoms with E-state index in [0.29, 0.717) is 50.2 Å². The predicted octanol–water partition coefficient (Wildman–Crippen LogP) is 4.24. The highest BCUT2D eigenvalue weighted by molar-refractivity contribution is 5.98. The van der Waals surface area contributed by atoms with E-state index in [1.54, 1.807) is 6.33 Å². The summed E-state index contributed by atoms with van der Waals surface area (Å²) in [6.07, 6.45) is 7.12. The minimum Gasteiger partial charge on any atom is -0.388 e. The van der Waals surface area contributed by atoms with Gasteiger partial charge in [-0.15, -0.1) is 24.8 Å². The number of imidazole rings is 1. The molecule has 4 aromatic rings. The van der Waals surface area contributed by atoms with Crippen LogP contribution in [0.25, 0.3) is 22.2 Å². The van der Waals surface area contributed by atoms with Crippen molar-refractivity contribution in [2.45, 2.75) is 63.3 Å². The van der Waals surface area contributed by atoms with Gasteiger partial charge in [0.1, 0.15) is 0 Å². The number of aromatic amines is 1. The number of hydrogen-bond donors (Lipinski definition) is 3. The van der Waals surface area contributed by atoms with Crippen LogP contribution in [0.3, 0.4) is 0 Å². The Labute approximate surface area is 251 Å². The smallest absolute Gasteiger partial charge is 0.275 e. The van der Waals surface area contributed by atoms with Crippen molar-refractivity contribution in [1.29, 1.82) is 0 Å². The molecule has 3 heterocycles. The van der Waals surface area contributed by atoms with Gasteiger partial charge in [0.2, 0.25) is 0 Å². The van der Waals surface area contributed by atoms with Crippen LogP contribution in [0.15, 0.2) is 65.7 Å². The number of H-pyrrole nitrogens is 1. The van der Waals surface area contributed by atoms with Crippen LogP contribution >= 0.6 is 24.8 Å². The fraction of sp³-hybridized carbons (Fsp3) is 0.433. The second-order valence-electron chi connectivity index (χ2n) is 11.0. The maximum Gasteiger partial charge on any atom is 0.275 e. The predicted molar refractivity (Wildman–Crippen MR) is 165 cm³/mol. The first-order valence-electron chi connectivity index (χ1n) is 14.0. The van der Waals surface area contributed by atoms with Gasteiger partial charge >= 0.3 is 0 Å². The molecule has 3 N–H and O–H groups in total. The molecule has 0 bridgehead atoms. The average molecular weight is 602 g/mol. The summed E-state index contributed by atoms with van der Waals surface area (Å²) in [6.45, 7) is 2.99. The summed E-state index contributed by atoms with van der Waals surface area (Å²) < 4.78 is 3.85. The monoisotopic (exact) mass is 600 g/mol. The SMILES string of the molecule is Cl.Cl.O=C(c1ncn(CC2(O)CCCCC2)c1-c1ccccc1)N1CCNC[C@H]1CCn1[nH]c(=O)c2ccccc21. The molecule has 1 saturated carbocycles. The van der Waals surface area contributed by atoms with Gasteiger partial charge in [-0.3, -0.25) is 19.4 Å². The Hall–Kier alpha value is -3.11. The molecule has 6 rings (SSSR count). The van der Waals surface area contributed by atoms with Crippen molar-refractivity contribution in [3.8, 4) is 11.3 Å². The molecule has 2 aromatic heterocycles. The maximum atomic E-state index is 14.1. The average Bonchev–Trinajstić information content (AvgIpc) is 3.53. The molecule has 41 heavy (non-hydrogen) atoms. The number of aliphatic hydroxyl groups is 1. The number of halogens is 2. The minimum absolute atomic E-state index is 0. The van der Waals surface area contributed by atoms with Gasteiger partial charge in [-0.2, -0.15) is 0 Å². The van der Waals surface area contributed by atoms with E-state index in [4.69, 9.17) is 0 Å². The van der Waals surface area contributed by atoms with Crippen molar-refractivity contribution in [2.75, 3.05) is 19.6 Å². The zero-order valence-corrected chi connectivity index (χ0v) is 24.6. The van der Waals surface area contributed by atoms with Crippen molar-refractivity contribution >= 4 is 41.6 Å². The van der Waals surface area contributed by atoms with Gasteiger partial charge in [0, 0.05) is 37.8 Å². The van der Waals surface area contributed by atoms with Crippen LogP contribution in [0, 0.1) is 0 Å². The van der Waals surface area contributed by atoms with E-state index in [2.05, 4.69) is 15.4 Å². The van der Waals surface area contributed by atoms with Gasteiger partial charge in [0.25, 0.3) is 11.5 Å². The third kappa shape index (κ3) is 6.38. The fourth-order valence-electron chi connectivity index (χ4n) is 6.26. The molecule has 0 spiro atoms. The molecule has 1 aliphatic carbocycles. The minimum atomic E-state index is -0.781. The second kappa shape index (κ2) is 13.2. The number of aromatic nitrogens is 4. The molecule has 11 heteroatoms. The van der Waals surface area contributed by atoms with Gasteiger partial charge in [0.15, 0.2) is 5.69 Å². The van der Waals surface area contributed by atoms with Crippen molar-refractivity contribution < 1.29 is 9.90 Å². The highest BCUT2D eigenvalue weighted by Crippen LogP contribution is 2.33. The Morgan fingerprint density at radius 3 is 2.54 bits per heavy atom. The third-order valence-corrected chi connectivity index (χ3v) is 8.31. The van der Waals surface area contributed by atoms with Crippen LogP contribution in [0.1, 0.15) is 49.0 Å². The van der Waals surface area contributed by atoms with Gasteiger partial charge in [-0.25, -0.2) is 4.98 Å². The Morgan fingerprint density at radius 1 is 1.02 bits per heavy atom. The first kappa shape index (κ1) is 30.8. The molecule has 9 nitrogen and oxygen atoms in total. The molecular weight excluding hydrogens is 563 g/mol. The summed E-state index contributed by atoms with van der Waals surface area (Å²) in [5.41, 5.74) is 2.09. The molecule has 0 radical (unpaired) electrons. The molecule has 2 fully saturated rings. The molecule has 1 saturated heterocycles. The van der Waals surface area contributed by atoms with E-state index in [1.165, 1.54) is 0 Å². The number of aryl methyl sites for hydroxylation is 1. The number of rotatable bonds is 7. The van der Waals surface area contributed by atoms with Crippen LogP contribution in [-0.4, -0.2) is 66.5 Å². The Kier molecular flexibility index (Phi) is 9.96.